The molecule has 0 amide bonds. The van der Waals surface area contributed by atoms with Gasteiger partial charge >= 0.3 is 0 Å². The van der Waals surface area contributed by atoms with Gasteiger partial charge in [-0.1, -0.05) is 24.6 Å². The number of nitrogens with two attached hydrogens (primary N) is 1. The zero-order chi connectivity index (χ0) is 13.9. The van der Waals surface area contributed by atoms with Crippen molar-refractivity contribution in [1.82, 2.24) is 9.47 Å². The first-order valence-electron chi connectivity index (χ1n) is 7.84. The zero-order valence-electron chi connectivity index (χ0n) is 12.4. The van der Waals surface area contributed by atoms with Crippen LogP contribution in [0.2, 0.25) is 0 Å². The SMILES string of the molecule is CCn1cc(CN2CCCCC2CN)c2ccccc21. The molecule has 0 spiro atoms. The lowest BCUT2D eigenvalue weighted by Gasteiger charge is -2.34. The van der Waals surface area contributed by atoms with Crippen LogP contribution in [-0.2, 0) is 13.1 Å². The summed E-state index contributed by atoms with van der Waals surface area (Å²) in [6.45, 7) is 6.25. The molecular formula is C17H25N3. The Labute approximate surface area is 121 Å². The average molecular weight is 271 g/mol. The number of nitrogens with zero attached hydrogens (tertiary/aromatic N) is 2. The summed E-state index contributed by atoms with van der Waals surface area (Å²) in [5.74, 6) is 0. The van der Waals surface area contributed by atoms with E-state index in [1.807, 2.05) is 0 Å². The topological polar surface area (TPSA) is 34.2 Å². The van der Waals surface area contributed by atoms with Crippen LogP contribution in [0.4, 0.5) is 0 Å². The van der Waals surface area contributed by atoms with Gasteiger partial charge in [0, 0.05) is 42.8 Å². The molecule has 1 aromatic carbocycles. The van der Waals surface area contributed by atoms with E-state index in [4.69, 9.17) is 5.73 Å². The van der Waals surface area contributed by atoms with Crippen molar-refractivity contribution in [2.45, 2.75) is 45.3 Å². The van der Waals surface area contributed by atoms with Crippen molar-refractivity contribution in [3.63, 3.8) is 0 Å². The molecule has 0 radical (unpaired) electrons. The van der Waals surface area contributed by atoms with Crippen molar-refractivity contribution in [3.05, 3.63) is 36.0 Å². The fraction of sp³-hybridized carbons (Fsp3) is 0.529. The molecule has 1 aliphatic heterocycles. The molecule has 108 valence electrons. The van der Waals surface area contributed by atoms with E-state index >= 15 is 0 Å². The van der Waals surface area contributed by atoms with Crippen molar-refractivity contribution >= 4 is 10.9 Å². The molecule has 1 aliphatic rings. The van der Waals surface area contributed by atoms with Crippen LogP contribution in [0.3, 0.4) is 0 Å². The molecule has 2 aromatic rings. The van der Waals surface area contributed by atoms with Gasteiger partial charge in [0.25, 0.3) is 0 Å². The second-order valence-electron chi connectivity index (χ2n) is 5.81. The van der Waals surface area contributed by atoms with E-state index in [0.29, 0.717) is 6.04 Å². The van der Waals surface area contributed by atoms with Crippen molar-refractivity contribution in [2.75, 3.05) is 13.1 Å². The van der Waals surface area contributed by atoms with Crippen molar-refractivity contribution in [1.29, 1.82) is 0 Å². The Kier molecular flexibility index (Phi) is 4.08. The lowest BCUT2D eigenvalue weighted by molar-refractivity contribution is 0.145. The molecule has 0 saturated carbocycles. The Bertz CT molecular complexity index is 573. The molecule has 0 bridgehead atoms. The van der Waals surface area contributed by atoms with Gasteiger partial charge in [-0.05, 0) is 37.9 Å². The number of piperidine rings is 1. The van der Waals surface area contributed by atoms with E-state index < -0.39 is 0 Å². The standard InChI is InChI=1S/C17H25N3/c1-2-19-12-14(16-8-3-4-9-17(16)19)13-20-10-6-5-7-15(20)11-18/h3-4,8-9,12,15H,2,5-7,10-11,13,18H2,1H3. The summed E-state index contributed by atoms with van der Waals surface area (Å²) in [6.07, 6.45) is 6.22. The Morgan fingerprint density at radius 2 is 2.10 bits per heavy atom. The van der Waals surface area contributed by atoms with Gasteiger partial charge in [0.1, 0.15) is 0 Å². The third-order valence-corrected chi connectivity index (χ3v) is 4.61. The number of hydrogen-bond donors (Lipinski definition) is 1. The molecule has 2 N–H and O–H groups in total. The maximum atomic E-state index is 5.94. The van der Waals surface area contributed by atoms with Crippen LogP contribution in [0, 0.1) is 0 Å². The molecule has 1 fully saturated rings. The van der Waals surface area contributed by atoms with Gasteiger partial charge in [0.15, 0.2) is 0 Å². The van der Waals surface area contributed by atoms with Crippen LogP contribution in [-0.4, -0.2) is 28.6 Å². The average Bonchev–Trinajstić information content (AvgIpc) is 2.86. The summed E-state index contributed by atoms with van der Waals surface area (Å²) in [5.41, 5.74) is 8.74. The fourth-order valence-electron chi connectivity index (χ4n) is 3.46. The van der Waals surface area contributed by atoms with E-state index in [1.54, 1.807) is 0 Å². The first kappa shape index (κ1) is 13.7. The molecule has 3 nitrogen and oxygen atoms in total. The molecule has 20 heavy (non-hydrogen) atoms. The van der Waals surface area contributed by atoms with Gasteiger partial charge < -0.3 is 10.3 Å². The molecule has 0 aliphatic carbocycles. The first-order valence-corrected chi connectivity index (χ1v) is 7.84. The second-order valence-corrected chi connectivity index (χ2v) is 5.81. The highest BCUT2D eigenvalue weighted by Gasteiger charge is 2.22. The Morgan fingerprint density at radius 3 is 2.90 bits per heavy atom. The van der Waals surface area contributed by atoms with E-state index in [2.05, 4.69) is 46.9 Å². The highest BCUT2D eigenvalue weighted by Crippen LogP contribution is 2.25. The van der Waals surface area contributed by atoms with E-state index in [0.717, 1.165) is 19.6 Å². The molecule has 1 atom stereocenters. The van der Waals surface area contributed by atoms with Crippen LogP contribution < -0.4 is 5.73 Å². The Morgan fingerprint density at radius 1 is 1.25 bits per heavy atom. The predicted octanol–water partition coefficient (Wildman–Crippen LogP) is 2.97. The third kappa shape index (κ3) is 2.48. The van der Waals surface area contributed by atoms with Gasteiger partial charge in [-0.3, -0.25) is 4.90 Å². The minimum Gasteiger partial charge on any atom is -0.347 e. The predicted molar refractivity (Wildman–Crippen MR) is 84.7 cm³/mol. The molecule has 1 saturated heterocycles. The Hall–Kier alpha value is -1.32. The highest BCUT2D eigenvalue weighted by atomic mass is 15.2. The van der Waals surface area contributed by atoms with Gasteiger partial charge in [-0.2, -0.15) is 0 Å². The van der Waals surface area contributed by atoms with Crippen LogP contribution in [0.1, 0.15) is 31.7 Å². The number of aromatic nitrogens is 1. The van der Waals surface area contributed by atoms with Crippen LogP contribution in [0.5, 0.6) is 0 Å². The number of para-hydroxylation sites is 1. The molecule has 3 heteroatoms. The van der Waals surface area contributed by atoms with Crippen LogP contribution in [0.15, 0.2) is 30.5 Å². The van der Waals surface area contributed by atoms with E-state index in [9.17, 15) is 0 Å². The first-order chi connectivity index (χ1) is 9.83. The molecule has 1 aromatic heterocycles. The Balaban J connectivity index is 1.90. The van der Waals surface area contributed by atoms with Crippen molar-refractivity contribution in [2.24, 2.45) is 5.73 Å². The van der Waals surface area contributed by atoms with Gasteiger partial charge in [-0.15, -0.1) is 0 Å². The smallest absolute Gasteiger partial charge is 0.0483 e. The monoisotopic (exact) mass is 271 g/mol. The third-order valence-electron chi connectivity index (χ3n) is 4.61. The number of fused-ring (bicyclic) bond motifs is 1. The summed E-state index contributed by atoms with van der Waals surface area (Å²) in [4.78, 5) is 2.57. The summed E-state index contributed by atoms with van der Waals surface area (Å²) in [7, 11) is 0. The summed E-state index contributed by atoms with van der Waals surface area (Å²) in [5, 5.41) is 1.40. The lowest BCUT2D eigenvalue weighted by atomic mass is 10.0. The van der Waals surface area contributed by atoms with Crippen molar-refractivity contribution < 1.29 is 0 Å². The van der Waals surface area contributed by atoms with Crippen LogP contribution >= 0.6 is 0 Å². The van der Waals surface area contributed by atoms with Gasteiger partial charge in [0.05, 0.1) is 0 Å². The highest BCUT2D eigenvalue weighted by molar-refractivity contribution is 5.83. The molecule has 1 unspecified atom stereocenters. The quantitative estimate of drug-likeness (QED) is 0.927. The van der Waals surface area contributed by atoms with E-state index in [-0.39, 0.29) is 0 Å². The summed E-state index contributed by atoms with van der Waals surface area (Å²) >= 11 is 0. The number of hydrogen-bond acceptors (Lipinski definition) is 2. The van der Waals surface area contributed by atoms with E-state index in [1.165, 1.54) is 42.3 Å². The second kappa shape index (κ2) is 5.98. The minimum atomic E-state index is 0.562. The number of aryl methyl sites for hydroxylation is 1. The maximum absolute atomic E-state index is 5.94. The fourth-order valence-corrected chi connectivity index (χ4v) is 3.46. The largest absolute Gasteiger partial charge is 0.347 e. The van der Waals surface area contributed by atoms with Gasteiger partial charge in [-0.25, -0.2) is 0 Å². The maximum Gasteiger partial charge on any atom is 0.0483 e. The lowest BCUT2D eigenvalue weighted by Crippen LogP contribution is -2.43. The number of rotatable bonds is 4. The van der Waals surface area contributed by atoms with Crippen LogP contribution in [0.25, 0.3) is 10.9 Å². The number of benzene rings is 1. The minimum absolute atomic E-state index is 0.562. The van der Waals surface area contributed by atoms with Gasteiger partial charge in [0.2, 0.25) is 0 Å². The summed E-state index contributed by atoms with van der Waals surface area (Å²) < 4.78 is 2.35. The molecule has 3 rings (SSSR count). The normalized spacial score (nSPS) is 20.6. The zero-order valence-corrected chi connectivity index (χ0v) is 12.4. The molecule has 2 heterocycles. The molecular weight excluding hydrogens is 246 g/mol. The number of likely N-dealkylation sites (tertiary alicyclic amines) is 1. The summed E-state index contributed by atoms with van der Waals surface area (Å²) in [6, 6.07) is 9.30. The van der Waals surface area contributed by atoms with Crippen molar-refractivity contribution in [3.8, 4) is 0 Å².